The molecule has 1 aliphatic heterocycles. The van der Waals surface area contributed by atoms with Crippen LogP contribution in [0.4, 0.5) is 4.79 Å². The summed E-state index contributed by atoms with van der Waals surface area (Å²) in [6.07, 6.45) is 3.84. The van der Waals surface area contributed by atoms with Gasteiger partial charge >= 0.3 is 6.09 Å². The van der Waals surface area contributed by atoms with Gasteiger partial charge in [-0.2, -0.15) is 0 Å². The number of piperidine rings is 1. The van der Waals surface area contributed by atoms with Crippen LogP contribution in [0.5, 0.6) is 0 Å². The highest BCUT2D eigenvalue weighted by Gasteiger charge is 2.35. The second kappa shape index (κ2) is 8.56. The van der Waals surface area contributed by atoms with Crippen molar-refractivity contribution in [3.63, 3.8) is 0 Å². The minimum Gasteiger partial charge on any atom is -0.445 e. The normalized spacial score (nSPS) is 20.2. The average molecular weight is 365 g/mol. The molecule has 0 unspecified atom stereocenters. The Kier molecular flexibility index (Phi) is 6.19. The standard InChI is InChI=1S/C19H25ClN2O3/c20-11-18(23)22(17-8-9-17)13-16-7-4-10-21(12-16)19(24)25-14-15-5-2-1-3-6-15/h1-3,5-6,16-17H,4,7-14H2/t16-/m0/s1. The number of rotatable bonds is 6. The van der Waals surface area contributed by atoms with Crippen LogP contribution >= 0.6 is 11.6 Å². The Balaban J connectivity index is 1.50. The van der Waals surface area contributed by atoms with E-state index in [9.17, 15) is 9.59 Å². The zero-order chi connectivity index (χ0) is 17.6. The molecule has 0 aromatic heterocycles. The Morgan fingerprint density at radius 3 is 2.64 bits per heavy atom. The zero-order valence-corrected chi connectivity index (χ0v) is 15.2. The molecule has 0 N–H and O–H groups in total. The number of alkyl halides is 1. The van der Waals surface area contributed by atoms with E-state index < -0.39 is 0 Å². The van der Waals surface area contributed by atoms with Crippen molar-refractivity contribution in [3.8, 4) is 0 Å². The Bertz CT molecular complexity index is 592. The Morgan fingerprint density at radius 1 is 1.20 bits per heavy atom. The quantitative estimate of drug-likeness (QED) is 0.728. The first-order chi connectivity index (χ1) is 12.2. The number of carbonyl (C=O) groups excluding carboxylic acids is 2. The van der Waals surface area contributed by atoms with Gasteiger partial charge in [0.05, 0.1) is 0 Å². The summed E-state index contributed by atoms with van der Waals surface area (Å²) in [5.41, 5.74) is 0.983. The lowest BCUT2D eigenvalue weighted by Gasteiger charge is -2.35. The Hall–Kier alpha value is -1.75. The van der Waals surface area contributed by atoms with E-state index in [-0.39, 0.29) is 17.9 Å². The van der Waals surface area contributed by atoms with E-state index in [1.807, 2.05) is 35.2 Å². The number of nitrogens with zero attached hydrogens (tertiary/aromatic N) is 2. The van der Waals surface area contributed by atoms with Gasteiger partial charge in [0.1, 0.15) is 12.5 Å². The second-order valence-electron chi connectivity index (χ2n) is 6.91. The summed E-state index contributed by atoms with van der Waals surface area (Å²) >= 11 is 5.74. The van der Waals surface area contributed by atoms with Crippen molar-refractivity contribution in [2.24, 2.45) is 5.92 Å². The number of likely N-dealkylation sites (tertiary alicyclic amines) is 1. The van der Waals surface area contributed by atoms with E-state index in [1.165, 1.54) is 0 Å². The molecule has 3 rings (SSSR count). The fourth-order valence-corrected chi connectivity index (χ4v) is 3.54. The van der Waals surface area contributed by atoms with Crippen LogP contribution in [0, 0.1) is 5.92 Å². The van der Waals surface area contributed by atoms with E-state index in [0.717, 1.165) is 37.8 Å². The maximum Gasteiger partial charge on any atom is 0.410 e. The van der Waals surface area contributed by atoms with Crippen LogP contribution in [0.15, 0.2) is 30.3 Å². The topological polar surface area (TPSA) is 49.9 Å². The van der Waals surface area contributed by atoms with E-state index in [4.69, 9.17) is 16.3 Å². The summed E-state index contributed by atoms with van der Waals surface area (Å²) in [6, 6.07) is 10.0. The lowest BCUT2D eigenvalue weighted by atomic mass is 9.97. The van der Waals surface area contributed by atoms with E-state index in [2.05, 4.69) is 0 Å². The molecular weight excluding hydrogens is 340 g/mol. The lowest BCUT2D eigenvalue weighted by Crippen LogP contribution is -2.46. The van der Waals surface area contributed by atoms with Gasteiger partial charge in [-0.25, -0.2) is 4.79 Å². The van der Waals surface area contributed by atoms with Gasteiger partial charge < -0.3 is 14.5 Å². The van der Waals surface area contributed by atoms with E-state index in [0.29, 0.717) is 31.7 Å². The van der Waals surface area contributed by atoms with Gasteiger partial charge in [0.25, 0.3) is 0 Å². The van der Waals surface area contributed by atoms with Gasteiger partial charge in [0, 0.05) is 25.7 Å². The monoisotopic (exact) mass is 364 g/mol. The van der Waals surface area contributed by atoms with Crippen LogP contribution in [0.25, 0.3) is 0 Å². The highest BCUT2D eigenvalue weighted by Crippen LogP contribution is 2.29. The van der Waals surface area contributed by atoms with Gasteiger partial charge in [0.2, 0.25) is 5.91 Å². The summed E-state index contributed by atoms with van der Waals surface area (Å²) in [4.78, 5) is 28.1. The number of amides is 2. The van der Waals surface area contributed by atoms with Crippen molar-refractivity contribution in [2.75, 3.05) is 25.5 Å². The van der Waals surface area contributed by atoms with Crippen molar-refractivity contribution in [2.45, 2.75) is 38.3 Å². The lowest BCUT2D eigenvalue weighted by molar-refractivity contribution is -0.129. The van der Waals surface area contributed by atoms with Gasteiger partial charge in [-0.1, -0.05) is 30.3 Å². The molecule has 5 nitrogen and oxygen atoms in total. The van der Waals surface area contributed by atoms with Crippen molar-refractivity contribution in [1.29, 1.82) is 0 Å². The third-order valence-electron chi connectivity index (χ3n) is 4.86. The molecule has 25 heavy (non-hydrogen) atoms. The fraction of sp³-hybridized carbons (Fsp3) is 0.579. The fourth-order valence-electron chi connectivity index (χ4n) is 3.39. The average Bonchev–Trinajstić information content (AvgIpc) is 3.49. The predicted molar refractivity (Wildman–Crippen MR) is 96.4 cm³/mol. The third kappa shape index (κ3) is 5.11. The van der Waals surface area contributed by atoms with E-state index in [1.54, 1.807) is 4.90 Å². The molecule has 2 fully saturated rings. The first-order valence-electron chi connectivity index (χ1n) is 8.98. The number of carbonyl (C=O) groups is 2. The van der Waals surface area contributed by atoms with Crippen LogP contribution < -0.4 is 0 Å². The number of benzene rings is 1. The summed E-state index contributed by atoms with van der Waals surface area (Å²) in [5, 5.41) is 0. The zero-order valence-electron chi connectivity index (χ0n) is 14.4. The third-order valence-corrected chi connectivity index (χ3v) is 5.09. The van der Waals surface area contributed by atoms with Gasteiger partial charge in [0.15, 0.2) is 0 Å². The molecule has 0 radical (unpaired) electrons. The highest BCUT2D eigenvalue weighted by molar-refractivity contribution is 6.27. The molecule has 2 aliphatic rings. The first kappa shape index (κ1) is 18.1. The Labute approximate surface area is 153 Å². The minimum absolute atomic E-state index is 0.00736. The van der Waals surface area contributed by atoms with Crippen molar-refractivity contribution in [3.05, 3.63) is 35.9 Å². The maximum absolute atomic E-state index is 12.3. The first-order valence-corrected chi connectivity index (χ1v) is 9.52. The van der Waals surface area contributed by atoms with Crippen molar-refractivity contribution < 1.29 is 14.3 Å². The van der Waals surface area contributed by atoms with Crippen LogP contribution in [0.3, 0.4) is 0 Å². The molecule has 0 spiro atoms. The van der Waals surface area contributed by atoms with E-state index >= 15 is 0 Å². The van der Waals surface area contributed by atoms with Crippen LogP contribution in [-0.4, -0.2) is 53.4 Å². The molecule has 1 saturated carbocycles. The molecule has 1 saturated heterocycles. The summed E-state index contributed by atoms with van der Waals surface area (Å²) < 4.78 is 5.43. The predicted octanol–water partition coefficient (Wildman–Crippen LogP) is 3.27. The van der Waals surface area contributed by atoms with Gasteiger partial charge in [-0.3, -0.25) is 4.79 Å². The second-order valence-corrected chi connectivity index (χ2v) is 7.17. The van der Waals surface area contributed by atoms with Crippen molar-refractivity contribution in [1.82, 2.24) is 9.80 Å². The molecule has 136 valence electrons. The summed E-state index contributed by atoms with van der Waals surface area (Å²) in [7, 11) is 0. The molecule has 6 heteroatoms. The SMILES string of the molecule is O=C(OCc1ccccc1)N1CCC[C@H](CN(C(=O)CCl)C2CC2)C1. The number of hydrogen-bond donors (Lipinski definition) is 0. The molecule has 1 aromatic carbocycles. The summed E-state index contributed by atoms with van der Waals surface area (Å²) in [6.45, 7) is 2.35. The molecular formula is C19H25ClN2O3. The molecule has 1 atom stereocenters. The van der Waals surface area contributed by atoms with Gasteiger partial charge in [-0.05, 0) is 37.2 Å². The van der Waals surface area contributed by atoms with Crippen LogP contribution in [0.1, 0.15) is 31.2 Å². The number of ether oxygens (including phenoxy) is 1. The number of hydrogen-bond acceptors (Lipinski definition) is 3. The molecule has 2 amide bonds. The molecule has 0 bridgehead atoms. The number of halogens is 1. The summed E-state index contributed by atoms with van der Waals surface area (Å²) in [5.74, 6) is 0.338. The minimum atomic E-state index is -0.268. The van der Waals surface area contributed by atoms with Gasteiger partial charge in [-0.15, -0.1) is 11.6 Å². The van der Waals surface area contributed by atoms with Crippen LogP contribution in [0.2, 0.25) is 0 Å². The largest absolute Gasteiger partial charge is 0.445 e. The molecule has 1 aromatic rings. The smallest absolute Gasteiger partial charge is 0.410 e. The van der Waals surface area contributed by atoms with Crippen LogP contribution in [-0.2, 0) is 16.1 Å². The Morgan fingerprint density at radius 2 is 1.96 bits per heavy atom. The van der Waals surface area contributed by atoms with Crippen molar-refractivity contribution >= 4 is 23.6 Å². The molecule has 1 aliphatic carbocycles. The highest BCUT2D eigenvalue weighted by atomic mass is 35.5. The molecule has 1 heterocycles. The maximum atomic E-state index is 12.3.